The summed E-state index contributed by atoms with van der Waals surface area (Å²) in [6.07, 6.45) is 2.48. The van der Waals surface area contributed by atoms with Crippen LogP contribution in [0, 0.1) is 0 Å². The third-order valence-electron chi connectivity index (χ3n) is 1.63. The molecule has 1 amide bonds. The molecule has 0 atom stereocenters. The molecule has 1 heterocycles. The van der Waals surface area contributed by atoms with Crippen molar-refractivity contribution in [3.05, 3.63) is 0 Å². The summed E-state index contributed by atoms with van der Waals surface area (Å²) in [5.41, 5.74) is 0. The summed E-state index contributed by atoms with van der Waals surface area (Å²) < 4.78 is 0. The molecule has 0 bridgehead atoms. The van der Waals surface area contributed by atoms with E-state index in [9.17, 15) is 4.79 Å². The number of nitrogens with zero attached hydrogens (tertiary/aromatic N) is 1. The zero-order valence-electron chi connectivity index (χ0n) is 6.84. The van der Waals surface area contributed by atoms with E-state index in [1.54, 1.807) is 0 Å². The first-order chi connectivity index (χ1) is 4.30. The van der Waals surface area contributed by atoms with E-state index in [0.717, 1.165) is 25.9 Å². The van der Waals surface area contributed by atoms with Crippen LogP contribution in [0.5, 0.6) is 0 Å². The maximum absolute atomic E-state index is 10.3. The second-order valence-corrected chi connectivity index (χ2v) is 2.33. The van der Waals surface area contributed by atoms with E-state index >= 15 is 0 Å². The van der Waals surface area contributed by atoms with Gasteiger partial charge in [-0.2, -0.15) is 0 Å². The molecule has 0 spiro atoms. The molecular weight excluding hydrogens is 166 g/mol. The molecule has 0 saturated carbocycles. The molecule has 7 N–H and O–H groups in total. The van der Waals surface area contributed by atoms with Crippen LogP contribution < -0.4 is 0 Å². The first-order valence-corrected chi connectivity index (χ1v) is 3.28. The van der Waals surface area contributed by atoms with Gasteiger partial charge in [-0.3, -0.25) is 0 Å². The third kappa shape index (κ3) is 4.89. The van der Waals surface area contributed by atoms with E-state index < -0.39 is 6.09 Å². The third-order valence-corrected chi connectivity index (χ3v) is 1.63. The normalized spacial score (nSPS) is 14.8. The molecule has 0 aromatic rings. The fourth-order valence-corrected chi connectivity index (χ4v) is 1.09. The van der Waals surface area contributed by atoms with Gasteiger partial charge >= 0.3 is 6.09 Å². The Balaban J connectivity index is -0.000000270. The summed E-state index contributed by atoms with van der Waals surface area (Å²) in [6, 6.07) is 0. The summed E-state index contributed by atoms with van der Waals surface area (Å²) in [6.45, 7) is 1.46. The van der Waals surface area contributed by atoms with E-state index in [2.05, 4.69) is 0 Å². The largest absolute Gasteiger partial charge is 0.465 e. The Morgan fingerprint density at radius 3 is 1.67 bits per heavy atom. The van der Waals surface area contributed by atoms with Gasteiger partial charge in [-0.05, 0) is 19.3 Å². The maximum atomic E-state index is 10.3. The minimum atomic E-state index is -0.769. The van der Waals surface area contributed by atoms with Crippen LogP contribution in [-0.4, -0.2) is 45.6 Å². The molecule has 76 valence electrons. The molecule has 6 heteroatoms. The number of hydrogen-bond donors (Lipinski definition) is 1. The minimum Gasteiger partial charge on any atom is -0.465 e. The lowest BCUT2D eigenvalue weighted by Gasteiger charge is -2.22. The molecular formula is C6H17NO5. The van der Waals surface area contributed by atoms with Crippen LogP contribution in [0.15, 0.2) is 0 Å². The molecule has 12 heavy (non-hydrogen) atoms. The van der Waals surface area contributed by atoms with E-state index in [0.29, 0.717) is 0 Å². The second-order valence-electron chi connectivity index (χ2n) is 2.33. The fourth-order valence-electron chi connectivity index (χ4n) is 1.09. The summed E-state index contributed by atoms with van der Waals surface area (Å²) in [4.78, 5) is 11.8. The van der Waals surface area contributed by atoms with E-state index in [1.165, 1.54) is 11.3 Å². The van der Waals surface area contributed by atoms with Crippen LogP contribution in [0.2, 0.25) is 0 Å². The monoisotopic (exact) mass is 183 g/mol. The minimum absolute atomic E-state index is 0. The Bertz CT molecular complexity index is 113. The zero-order valence-corrected chi connectivity index (χ0v) is 6.84. The van der Waals surface area contributed by atoms with Crippen molar-refractivity contribution < 1.29 is 26.3 Å². The molecule has 0 radical (unpaired) electrons. The molecule has 1 aliphatic rings. The predicted octanol–water partition coefficient (Wildman–Crippen LogP) is -1.32. The average molecular weight is 183 g/mol. The number of rotatable bonds is 0. The molecule has 1 fully saturated rings. The van der Waals surface area contributed by atoms with Gasteiger partial charge in [0, 0.05) is 13.1 Å². The Morgan fingerprint density at radius 2 is 1.42 bits per heavy atom. The Morgan fingerprint density at radius 1 is 1.00 bits per heavy atom. The van der Waals surface area contributed by atoms with Crippen molar-refractivity contribution in [2.24, 2.45) is 0 Å². The summed E-state index contributed by atoms with van der Waals surface area (Å²) in [7, 11) is 0. The molecule has 1 saturated heterocycles. The second kappa shape index (κ2) is 8.25. The van der Waals surface area contributed by atoms with E-state index in [-0.39, 0.29) is 16.4 Å². The van der Waals surface area contributed by atoms with Crippen LogP contribution in [0.3, 0.4) is 0 Å². The Labute approximate surface area is 70.7 Å². The predicted molar refractivity (Wildman–Crippen MR) is 44.3 cm³/mol. The van der Waals surface area contributed by atoms with E-state index in [1.807, 2.05) is 0 Å². The van der Waals surface area contributed by atoms with Gasteiger partial charge in [0.05, 0.1) is 0 Å². The highest BCUT2D eigenvalue weighted by Crippen LogP contribution is 2.07. The van der Waals surface area contributed by atoms with Gasteiger partial charge < -0.3 is 26.4 Å². The number of carbonyl (C=O) groups is 1. The van der Waals surface area contributed by atoms with Gasteiger partial charge in [-0.1, -0.05) is 0 Å². The highest BCUT2D eigenvalue weighted by atomic mass is 16.4. The highest BCUT2D eigenvalue weighted by Gasteiger charge is 2.13. The van der Waals surface area contributed by atoms with Gasteiger partial charge in [-0.25, -0.2) is 4.79 Å². The summed E-state index contributed by atoms with van der Waals surface area (Å²) >= 11 is 0. The lowest BCUT2D eigenvalue weighted by atomic mass is 10.1. The van der Waals surface area contributed by atoms with Crippen molar-refractivity contribution in [1.29, 1.82) is 0 Å². The number of hydrogen-bond acceptors (Lipinski definition) is 1. The quantitative estimate of drug-likeness (QED) is 0.498. The van der Waals surface area contributed by atoms with Crippen molar-refractivity contribution in [2.75, 3.05) is 13.1 Å². The Hall–Kier alpha value is -0.850. The van der Waals surface area contributed by atoms with Gasteiger partial charge in [0.1, 0.15) is 0 Å². The van der Waals surface area contributed by atoms with Crippen molar-refractivity contribution in [2.45, 2.75) is 19.3 Å². The van der Waals surface area contributed by atoms with Crippen molar-refractivity contribution in [3.8, 4) is 0 Å². The maximum Gasteiger partial charge on any atom is 0.407 e. The molecule has 0 aromatic heterocycles. The van der Waals surface area contributed by atoms with Crippen LogP contribution in [0.4, 0.5) is 4.79 Å². The van der Waals surface area contributed by atoms with Crippen molar-refractivity contribution in [1.82, 2.24) is 4.90 Å². The summed E-state index contributed by atoms with van der Waals surface area (Å²) in [5.74, 6) is 0. The molecule has 1 rings (SSSR count). The number of piperidine rings is 1. The lowest BCUT2D eigenvalue weighted by Crippen LogP contribution is -2.34. The number of likely N-dealkylation sites (tertiary alicyclic amines) is 1. The Kier molecular flexibility index (Phi) is 11.9. The lowest BCUT2D eigenvalue weighted by molar-refractivity contribution is 0.136. The van der Waals surface area contributed by atoms with Crippen molar-refractivity contribution in [3.63, 3.8) is 0 Å². The van der Waals surface area contributed by atoms with E-state index in [4.69, 9.17) is 5.11 Å². The molecule has 0 aromatic carbocycles. The van der Waals surface area contributed by atoms with Crippen LogP contribution >= 0.6 is 0 Å². The van der Waals surface area contributed by atoms with Gasteiger partial charge in [0.2, 0.25) is 0 Å². The molecule has 0 unspecified atom stereocenters. The van der Waals surface area contributed by atoms with Crippen LogP contribution in [0.25, 0.3) is 0 Å². The van der Waals surface area contributed by atoms with Crippen molar-refractivity contribution >= 4 is 6.09 Å². The van der Waals surface area contributed by atoms with Crippen LogP contribution in [0.1, 0.15) is 19.3 Å². The SMILES string of the molecule is O.O.O.O=C(O)N1CCCCC1. The smallest absolute Gasteiger partial charge is 0.407 e. The topological polar surface area (TPSA) is 135 Å². The molecule has 1 aliphatic heterocycles. The van der Waals surface area contributed by atoms with Gasteiger partial charge in [-0.15, -0.1) is 0 Å². The van der Waals surface area contributed by atoms with Gasteiger partial charge in [0.15, 0.2) is 0 Å². The zero-order chi connectivity index (χ0) is 6.69. The number of carboxylic acid groups (broad SMARTS) is 1. The number of amides is 1. The average Bonchev–Trinajstić information content (AvgIpc) is 1.90. The van der Waals surface area contributed by atoms with Gasteiger partial charge in [0.25, 0.3) is 0 Å². The molecule has 6 nitrogen and oxygen atoms in total. The van der Waals surface area contributed by atoms with Crippen LogP contribution in [-0.2, 0) is 0 Å². The molecule has 0 aliphatic carbocycles. The summed E-state index contributed by atoms with van der Waals surface area (Å²) in [5, 5.41) is 8.46. The standard InChI is InChI=1S/C6H11NO2.3H2O/c8-6(9)7-4-2-1-3-5-7;;;/h1-5H2,(H,8,9);3*1H2. The fraction of sp³-hybridized carbons (Fsp3) is 0.833. The first-order valence-electron chi connectivity index (χ1n) is 3.28. The first kappa shape index (κ1) is 17.3. The highest BCUT2D eigenvalue weighted by molar-refractivity contribution is 5.64.